The third-order valence-electron chi connectivity index (χ3n) is 5.01. The third-order valence-corrected chi connectivity index (χ3v) is 5.01. The fraction of sp³-hybridized carbons (Fsp3) is 0.938. The maximum Gasteiger partial charge on any atom is 0.227 e. The lowest BCUT2D eigenvalue weighted by molar-refractivity contribution is -0.131. The first-order valence-corrected chi connectivity index (χ1v) is 8.50. The molecule has 22 heavy (non-hydrogen) atoms. The van der Waals surface area contributed by atoms with E-state index in [9.17, 15) is 9.90 Å². The molecule has 3 N–H and O–H groups in total. The van der Waals surface area contributed by atoms with Crippen LogP contribution in [0.1, 0.15) is 45.4 Å². The largest absolute Gasteiger partial charge is 0.395 e. The van der Waals surface area contributed by atoms with Crippen molar-refractivity contribution in [1.82, 2.24) is 15.5 Å². The fourth-order valence-electron chi connectivity index (χ4n) is 3.50. The number of likely N-dealkylation sites (tertiary alicyclic amines) is 1. The number of halogens is 1. The second-order valence-electron chi connectivity index (χ2n) is 6.82. The lowest BCUT2D eigenvalue weighted by Crippen LogP contribution is -2.48. The number of amides is 1. The minimum Gasteiger partial charge on any atom is -0.395 e. The zero-order chi connectivity index (χ0) is 15.1. The molecule has 0 bridgehead atoms. The van der Waals surface area contributed by atoms with Crippen LogP contribution >= 0.6 is 12.4 Å². The number of unbranched alkanes of at least 4 members (excludes halogenated alkanes) is 1. The van der Waals surface area contributed by atoms with Crippen LogP contribution in [0.2, 0.25) is 0 Å². The zero-order valence-corrected chi connectivity index (χ0v) is 14.6. The first-order valence-electron chi connectivity index (χ1n) is 8.50. The molecule has 0 aromatic carbocycles. The van der Waals surface area contributed by atoms with E-state index in [1.54, 1.807) is 0 Å². The maximum absolute atomic E-state index is 12.2. The fourth-order valence-corrected chi connectivity index (χ4v) is 3.50. The second kappa shape index (κ2) is 9.71. The van der Waals surface area contributed by atoms with E-state index in [2.05, 4.69) is 22.5 Å². The summed E-state index contributed by atoms with van der Waals surface area (Å²) in [4.78, 5) is 14.6. The van der Waals surface area contributed by atoms with Crippen LogP contribution in [0.4, 0.5) is 0 Å². The number of aliphatic hydroxyl groups excluding tert-OH is 1. The van der Waals surface area contributed by atoms with Crippen molar-refractivity contribution >= 4 is 18.3 Å². The molecule has 2 saturated heterocycles. The molecule has 2 rings (SSSR count). The minimum absolute atomic E-state index is 0. The number of hydrogen-bond acceptors (Lipinski definition) is 4. The van der Waals surface area contributed by atoms with Crippen molar-refractivity contribution in [3.05, 3.63) is 0 Å². The highest BCUT2D eigenvalue weighted by Crippen LogP contribution is 2.25. The molecule has 2 aliphatic rings. The molecule has 0 saturated carbocycles. The summed E-state index contributed by atoms with van der Waals surface area (Å²) in [5, 5.41) is 15.7. The van der Waals surface area contributed by atoms with Gasteiger partial charge in [0.25, 0.3) is 0 Å². The van der Waals surface area contributed by atoms with Crippen molar-refractivity contribution in [1.29, 1.82) is 0 Å². The quantitative estimate of drug-likeness (QED) is 0.612. The molecule has 130 valence electrons. The molecule has 1 amide bonds. The number of rotatable bonds is 7. The van der Waals surface area contributed by atoms with Crippen molar-refractivity contribution in [2.24, 2.45) is 5.41 Å². The lowest BCUT2D eigenvalue weighted by Gasteiger charge is -2.32. The van der Waals surface area contributed by atoms with Crippen LogP contribution in [0.25, 0.3) is 0 Å². The number of nitrogens with one attached hydrogen (secondary N) is 2. The summed E-state index contributed by atoms with van der Waals surface area (Å²) < 4.78 is 0. The molecule has 2 unspecified atom stereocenters. The van der Waals surface area contributed by atoms with Crippen LogP contribution in [-0.4, -0.2) is 61.3 Å². The van der Waals surface area contributed by atoms with Crippen LogP contribution in [0.3, 0.4) is 0 Å². The molecule has 2 aliphatic heterocycles. The van der Waals surface area contributed by atoms with Crippen molar-refractivity contribution < 1.29 is 9.90 Å². The van der Waals surface area contributed by atoms with Crippen LogP contribution in [-0.2, 0) is 4.79 Å². The van der Waals surface area contributed by atoms with Gasteiger partial charge >= 0.3 is 0 Å². The van der Waals surface area contributed by atoms with Gasteiger partial charge in [-0.25, -0.2) is 0 Å². The van der Waals surface area contributed by atoms with Gasteiger partial charge in [-0.3, -0.25) is 9.69 Å². The summed E-state index contributed by atoms with van der Waals surface area (Å²) in [5.74, 6) is 0.198. The molecule has 2 fully saturated rings. The van der Waals surface area contributed by atoms with Crippen LogP contribution < -0.4 is 10.6 Å². The van der Waals surface area contributed by atoms with Gasteiger partial charge in [0.2, 0.25) is 5.91 Å². The second-order valence-corrected chi connectivity index (χ2v) is 6.82. The molecule has 2 atom stereocenters. The van der Waals surface area contributed by atoms with Gasteiger partial charge in [0, 0.05) is 19.1 Å². The molecule has 0 aromatic rings. The number of nitrogens with zero attached hydrogens (tertiary/aromatic N) is 1. The van der Waals surface area contributed by atoms with Gasteiger partial charge in [-0.05, 0) is 65.1 Å². The summed E-state index contributed by atoms with van der Waals surface area (Å²) >= 11 is 0. The van der Waals surface area contributed by atoms with E-state index >= 15 is 0 Å². The number of carbonyl (C=O) groups excluding carboxylic acids is 1. The molecular weight excluding hydrogens is 302 g/mol. The molecule has 0 aliphatic carbocycles. The summed E-state index contributed by atoms with van der Waals surface area (Å²) in [5.41, 5.74) is -0.227. The Morgan fingerprint density at radius 2 is 2.23 bits per heavy atom. The first-order chi connectivity index (χ1) is 10.2. The van der Waals surface area contributed by atoms with Crippen molar-refractivity contribution in [2.45, 2.75) is 51.5 Å². The van der Waals surface area contributed by atoms with E-state index in [0.717, 1.165) is 64.8 Å². The Labute approximate surface area is 140 Å². The topological polar surface area (TPSA) is 64.6 Å². The zero-order valence-electron chi connectivity index (χ0n) is 13.8. The van der Waals surface area contributed by atoms with E-state index in [1.807, 2.05) is 0 Å². The Hall–Kier alpha value is -0.360. The summed E-state index contributed by atoms with van der Waals surface area (Å²) in [7, 11) is 0. The standard InChI is InChI=1S/C16H31N3O2.ClH/c1-16(7-5-8-17-13-16)15(21)18-9-2-3-10-19-11-4-6-14(19)12-20;/h14,17,20H,2-13H2,1H3,(H,18,21);1H. The molecular formula is C16H32ClN3O2. The minimum atomic E-state index is -0.227. The van der Waals surface area contributed by atoms with Gasteiger partial charge in [-0.1, -0.05) is 0 Å². The SMILES string of the molecule is CC1(C(=O)NCCCCN2CCCC2CO)CCCNC1.Cl. The van der Waals surface area contributed by atoms with Gasteiger partial charge < -0.3 is 15.7 Å². The number of hydrogen-bond donors (Lipinski definition) is 3. The molecule has 2 heterocycles. The van der Waals surface area contributed by atoms with Gasteiger partial charge in [0.15, 0.2) is 0 Å². The van der Waals surface area contributed by atoms with Gasteiger partial charge in [-0.15, -0.1) is 12.4 Å². The van der Waals surface area contributed by atoms with Gasteiger partial charge in [0.05, 0.1) is 12.0 Å². The van der Waals surface area contributed by atoms with Crippen LogP contribution in [0.15, 0.2) is 0 Å². The van der Waals surface area contributed by atoms with Crippen molar-refractivity contribution in [3.8, 4) is 0 Å². The van der Waals surface area contributed by atoms with Crippen molar-refractivity contribution in [3.63, 3.8) is 0 Å². The van der Waals surface area contributed by atoms with E-state index < -0.39 is 0 Å². The highest BCUT2D eigenvalue weighted by molar-refractivity contribution is 5.85. The summed E-state index contributed by atoms with van der Waals surface area (Å²) in [6.45, 7) is 7.09. The maximum atomic E-state index is 12.2. The highest BCUT2D eigenvalue weighted by Gasteiger charge is 2.34. The normalized spacial score (nSPS) is 29.1. The van der Waals surface area contributed by atoms with Crippen molar-refractivity contribution in [2.75, 3.05) is 39.3 Å². The molecule has 0 spiro atoms. The van der Waals surface area contributed by atoms with E-state index in [-0.39, 0.29) is 30.3 Å². The predicted molar refractivity (Wildman–Crippen MR) is 91.4 cm³/mol. The smallest absolute Gasteiger partial charge is 0.227 e. The van der Waals surface area contributed by atoms with E-state index in [0.29, 0.717) is 6.04 Å². The molecule has 0 radical (unpaired) electrons. The Morgan fingerprint density at radius 1 is 1.41 bits per heavy atom. The lowest BCUT2D eigenvalue weighted by atomic mass is 9.82. The highest BCUT2D eigenvalue weighted by atomic mass is 35.5. The van der Waals surface area contributed by atoms with E-state index in [1.165, 1.54) is 6.42 Å². The number of carbonyl (C=O) groups is 1. The Bertz CT molecular complexity index is 335. The summed E-state index contributed by atoms with van der Waals surface area (Å²) in [6.07, 6.45) is 6.50. The molecule has 0 aromatic heterocycles. The monoisotopic (exact) mass is 333 g/mol. The van der Waals surface area contributed by atoms with Gasteiger partial charge in [-0.2, -0.15) is 0 Å². The van der Waals surface area contributed by atoms with E-state index in [4.69, 9.17) is 0 Å². The molecule has 6 heteroatoms. The first kappa shape index (κ1) is 19.7. The van der Waals surface area contributed by atoms with Crippen LogP contribution in [0, 0.1) is 5.41 Å². The Morgan fingerprint density at radius 3 is 2.91 bits per heavy atom. The Balaban J connectivity index is 0.00000242. The molecule has 5 nitrogen and oxygen atoms in total. The average molecular weight is 334 g/mol. The Kier molecular flexibility index (Phi) is 8.69. The van der Waals surface area contributed by atoms with Gasteiger partial charge in [0.1, 0.15) is 0 Å². The summed E-state index contributed by atoms with van der Waals surface area (Å²) in [6, 6.07) is 0.367. The average Bonchev–Trinajstić information content (AvgIpc) is 2.95. The number of piperidine rings is 1. The van der Waals surface area contributed by atoms with Crippen LogP contribution in [0.5, 0.6) is 0 Å². The number of aliphatic hydroxyl groups is 1. The predicted octanol–water partition coefficient (Wildman–Crippen LogP) is 1.15. The third kappa shape index (κ3) is 5.37.